The summed E-state index contributed by atoms with van der Waals surface area (Å²) in [5.74, 6) is -0.280. The monoisotopic (exact) mass is 338 g/mol. The maximum absolute atomic E-state index is 13.9. The van der Waals surface area contributed by atoms with E-state index in [0.717, 1.165) is 12.3 Å². The minimum atomic E-state index is -3.41. The molecule has 0 aromatic heterocycles. The molecule has 122 valence electrons. The molecule has 2 aromatic rings. The highest BCUT2D eigenvalue weighted by atomic mass is 32.2. The second kappa shape index (κ2) is 7.21. The van der Waals surface area contributed by atoms with Crippen molar-refractivity contribution >= 4 is 21.8 Å². The minimum absolute atomic E-state index is 0.164. The van der Waals surface area contributed by atoms with Crippen LogP contribution in [0.4, 0.5) is 14.9 Å². The summed E-state index contributed by atoms with van der Waals surface area (Å²) in [5.41, 5.74) is 0.365. The predicted molar refractivity (Wildman–Crippen MR) is 84.2 cm³/mol. The quantitative estimate of drug-likeness (QED) is 0.877. The van der Waals surface area contributed by atoms with E-state index in [0.29, 0.717) is 5.75 Å². The van der Waals surface area contributed by atoms with E-state index in [4.69, 9.17) is 4.74 Å². The van der Waals surface area contributed by atoms with Gasteiger partial charge in [-0.3, -0.25) is 5.32 Å². The van der Waals surface area contributed by atoms with Crippen molar-refractivity contribution in [1.29, 1.82) is 0 Å². The lowest BCUT2D eigenvalue weighted by Crippen LogP contribution is -2.22. The standard InChI is InChI=1S/C15H15FN2O4S/c1-23(20,21)17-10-11-7-8-12(9-14(11)16)18-15(19)22-13-5-3-2-4-6-13/h2-9,17H,10H2,1H3,(H,18,19). The van der Waals surface area contributed by atoms with Crippen LogP contribution in [0.5, 0.6) is 5.75 Å². The van der Waals surface area contributed by atoms with E-state index in [1.54, 1.807) is 30.3 Å². The molecule has 0 radical (unpaired) electrons. The summed E-state index contributed by atoms with van der Waals surface area (Å²) in [4.78, 5) is 11.7. The van der Waals surface area contributed by atoms with Crippen molar-refractivity contribution in [3.63, 3.8) is 0 Å². The van der Waals surface area contributed by atoms with Gasteiger partial charge in [-0.1, -0.05) is 24.3 Å². The molecule has 0 atom stereocenters. The van der Waals surface area contributed by atoms with Crippen LogP contribution in [0.3, 0.4) is 0 Å². The molecule has 0 unspecified atom stereocenters. The lowest BCUT2D eigenvalue weighted by atomic mass is 10.2. The van der Waals surface area contributed by atoms with Crippen LogP contribution in [0.15, 0.2) is 48.5 Å². The summed E-state index contributed by atoms with van der Waals surface area (Å²) in [6.45, 7) is -0.167. The van der Waals surface area contributed by atoms with Crippen LogP contribution in [-0.2, 0) is 16.6 Å². The Labute approximate surface area is 133 Å². The minimum Gasteiger partial charge on any atom is -0.410 e. The number of benzene rings is 2. The Morgan fingerprint density at radius 3 is 2.48 bits per heavy atom. The number of nitrogens with one attached hydrogen (secondary N) is 2. The van der Waals surface area contributed by atoms with Gasteiger partial charge in [-0.25, -0.2) is 22.3 Å². The van der Waals surface area contributed by atoms with Gasteiger partial charge in [0, 0.05) is 17.8 Å². The van der Waals surface area contributed by atoms with E-state index in [9.17, 15) is 17.6 Å². The van der Waals surface area contributed by atoms with Crippen molar-refractivity contribution in [3.05, 3.63) is 59.9 Å². The lowest BCUT2D eigenvalue weighted by Gasteiger charge is -2.09. The molecule has 0 saturated carbocycles. The number of carbonyl (C=O) groups excluding carboxylic acids is 1. The number of anilines is 1. The summed E-state index contributed by atoms with van der Waals surface area (Å²) < 4.78 is 43.1. The molecule has 0 saturated heterocycles. The first-order chi connectivity index (χ1) is 10.8. The summed E-state index contributed by atoms with van der Waals surface area (Å²) in [6.07, 6.45) is 0.234. The van der Waals surface area contributed by atoms with E-state index in [2.05, 4.69) is 10.0 Å². The number of amides is 1. The van der Waals surface area contributed by atoms with Crippen LogP contribution in [0, 0.1) is 5.82 Å². The van der Waals surface area contributed by atoms with Crippen LogP contribution >= 0.6 is 0 Å². The molecule has 2 N–H and O–H groups in total. The van der Waals surface area contributed by atoms with E-state index in [-0.39, 0.29) is 17.8 Å². The molecule has 1 amide bonds. The second-order valence-corrected chi connectivity index (χ2v) is 6.56. The fraction of sp³-hybridized carbons (Fsp3) is 0.133. The molecule has 0 bridgehead atoms. The highest BCUT2D eigenvalue weighted by Crippen LogP contribution is 2.16. The van der Waals surface area contributed by atoms with E-state index in [1.807, 2.05) is 0 Å². The van der Waals surface area contributed by atoms with Gasteiger partial charge >= 0.3 is 6.09 Å². The zero-order valence-corrected chi connectivity index (χ0v) is 13.1. The molecule has 6 nitrogen and oxygen atoms in total. The van der Waals surface area contributed by atoms with Gasteiger partial charge in [0.15, 0.2) is 0 Å². The van der Waals surface area contributed by atoms with Crippen LogP contribution in [-0.4, -0.2) is 20.8 Å². The number of hydrogen-bond donors (Lipinski definition) is 2. The number of sulfonamides is 1. The topological polar surface area (TPSA) is 84.5 Å². The first-order valence-corrected chi connectivity index (χ1v) is 8.49. The van der Waals surface area contributed by atoms with Crippen molar-refractivity contribution in [2.24, 2.45) is 0 Å². The molecule has 2 rings (SSSR count). The molecule has 0 fully saturated rings. The third kappa shape index (κ3) is 5.68. The van der Waals surface area contributed by atoms with E-state index in [1.165, 1.54) is 12.1 Å². The first kappa shape index (κ1) is 16.9. The maximum Gasteiger partial charge on any atom is 0.417 e. The van der Waals surface area contributed by atoms with Gasteiger partial charge in [0.2, 0.25) is 10.0 Å². The van der Waals surface area contributed by atoms with Crippen molar-refractivity contribution in [3.8, 4) is 5.75 Å². The van der Waals surface area contributed by atoms with E-state index >= 15 is 0 Å². The number of halogens is 1. The Morgan fingerprint density at radius 1 is 1.17 bits per heavy atom. The summed E-state index contributed by atoms with van der Waals surface area (Å²) >= 11 is 0. The smallest absolute Gasteiger partial charge is 0.410 e. The number of para-hydroxylation sites is 1. The van der Waals surface area contributed by atoms with Gasteiger partial charge < -0.3 is 4.74 Å². The number of carbonyl (C=O) groups is 1. The van der Waals surface area contributed by atoms with E-state index < -0.39 is 21.9 Å². The molecule has 8 heteroatoms. The third-order valence-corrected chi connectivity index (χ3v) is 3.45. The van der Waals surface area contributed by atoms with Crippen LogP contribution < -0.4 is 14.8 Å². The molecule has 0 heterocycles. The molecule has 0 aliphatic carbocycles. The van der Waals surface area contributed by atoms with Gasteiger partial charge in [-0.05, 0) is 24.3 Å². The Morgan fingerprint density at radius 2 is 1.87 bits per heavy atom. The predicted octanol–water partition coefficient (Wildman–Crippen LogP) is 2.49. The number of hydrogen-bond acceptors (Lipinski definition) is 4. The average Bonchev–Trinajstić information content (AvgIpc) is 2.46. The fourth-order valence-electron chi connectivity index (χ4n) is 1.72. The maximum atomic E-state index is 13.9. The number of rotatable bonds is 5. The Bertz CT molecular complexity index is 794. The molecular formula is C15H15FN2O4S. The van der Waals surface area contributed by atoms with Gasteiger partial charge in [0.1, 0.15) is 11.6 Å². The van der Waals surface area contributed by atoms with Gasteiger partial charge in [0.25, 0.3) is 0 Å². The van der Waals surface area contributed by atoms with Crippen LogP contribution in [0.1, 0.15) is 5.56 Å². The normalized spacial score (nSPS) is 11.0. The highest BCUT2D eigenvalue weighted by molar-refractivity contribution is 7.88. The Kier molecular flexibility index (Phi) is 5.30. The molecule has 23 heavy (non-hydrogen) atoms. The van der Waals surface area contributed by atoms with Crippen molar-refractivity contribution < 1.29 is 22.3 Å². The second-order valence-electron chi connectivity index (χ2n) is 4.73. The third-order valence-electron chi connectivity index (χ3n) is 2.78. The summed E-state index contributed by atoms with van der Waals surface area (Å²) in [5, 5.41) is 2.39. The molecule has 0 aliphatic rings. The van der Waals surface area contributed by atoms with Gasteiger partial charge in [-0.2, -0.15) is 0 Å². The molecular weight excluding hydrogens is 323 g/mol. The molecule has 0 spiro atoms. The SMILES string of the molecule is CS(=O)(=O)NCc1ccc(NC(=O)Oc2ccccc2)cc1F. The fourth-order valence-corrected chi connectivity index (χ4v) is 2.13. The zero-order chi connectivity index (χ0) is 16.9. The van der Waals surface area contributed by atoms with Crippen LogP contribution in [0.2, 0.25) is 0 Å². The Hall–Kier alpha value is -2.45. The van der Waals surface area contributed by atoms with Crippen molar-refractivity contribution in [2.45, 2.75) is 6.54 Å². The Balaban J connectivity index is 1.98. The van der Waals surface area contributed by atoms with Crippen molar-refractivity contribution in [2.75, 3.05) is 11.6 Å². The first-order valence-electron chi connectivity index (χ1n) is 6.60. The molecule has 2 aromatic carbocycles. The summed E-state index contributed by atoms with van der Waals surface area (Å²) in [7, 11) is -3.41. The van der Waals surface area contributed by atoms with Gasteiger partial charge in [0.05, 0.1) is 6.26 Å². The van der Waals surface area contributed by atoms with Crippen LogP contribution in [0.25, 0.3) is 0 Å². The molecule has 0 aliphatic heterocycles. The lowest BCUT2D eigenvalue weighted by molar-refractivity contribution is 0.215. The highest BCUT2D eigenvalue weighted by Gasteiger charge is 2.09. The summed E-state index contributed by atoms with van der Waals surface area (Å²) in [6, 6.07) is 12.4. The zero-order valence-electron chi connectivity index (χ0n) is 12.2. The number of ether oxygens (including phenoxy) is 1. The van der Waals surface area contributed by atoms with Gasteiger partial charge in [-0.15, -0.1) is 0 Å². The largest absolute Gasteiger partial charge is 0.417 e. The van der Waals surface area contributed by atoms with Crippen molar-refractivity contribution in [1.82, 2.24) is 4.72 Å². The average molecular weight is 338 g/mol.